The van der Waals surface area contributed by atoms with Crippen molar-refractivity contribution in [2.24, 2.45) is 11.8 Å². The first kappa shape index (κ1) is 18.3. The molecule has 1 aromatic heterocycles. The van der Waals surface area contributed by atoms with E-state index in [1.54, 1.807) is 17.6 Å². The maximum atomic E-state index is 13.6. The number of aryl methyl sites for hydroxylation is 1. The van der Waals surface area contributed by atoms with E-state index >= 15 is 0 Å². The van der Waals surface area contributed by atoms with Gasteiger partial charge in [0.15, 0.2) is 0 Å². The topological polar surface area (TPSA) is 36.4 Å². The molecule has 1 amide bonds. The third kappa shape index (κ3) is 3.18. The summed E-state index contributed by atoms with van der Waals surface area (Å²) < 4.78 is 13.6. The Morgan fingerprint density at radius 1 is 1.32 bits per heavy atom. The van der Waals surface area contributed by atoms with Gasteiger partial charge < -0.3 is 4.90 Å². The van der Waals surface area contributed by atoms with E-state index in [1.165, 1.54) is 17.4 Å². The fourth-order valence-corrected chi connectivity index (χ4v) is 5.04. The van der Waals surface area contributed by atoms with Gasteiger partial charge in [-0.1, -0.05) is 12.1 Å². The average Bonchev–Trinajstić information content (AvgIpc) is 3.20. The molecule has 3 heterocycles. The van der Waals surface area contributed by atoms with Crippen LogP contribution < -0.4 is 0 Å². The minimum Gasteiger partial charge on any atom is -0.337 e. The number of nitrogens with zero attached hydrogens (tertiary/aromatic N) is 3. The lowest BCUT2D eigenvalue weighted by atomic mass is 9.89. The first-order valence-electron chi connectivity index (χ1n) is 8.19. The van der Waals surface area contributed by atoms with Crippen molar-refractivity contribution in [3.05, 3.63) is 51.7 Å². The van der Waals surface area contributed by atoms with Crippen LogP contribution in [0.2, 0.25) is 0 Å². The first-order chi connectivity index (χ1) is 11.5. The minimum absolute atomic E-state index is 0. The Hall–Kier alpha value is -1.50. The molecule has 2 aromatic rings. The summed E-state index contributed by atoms with van der Waals surface area (Å²) in [6.45, 7) is 4.32. The predicted octanol–water partition coefficient (Wildman–Crippen LogP) is 3.39. The molecule has 1 aromatic carbocycles. The van der Waals surface area contributed by atoms with Crippen LogP contribution in [-0.4, -0.2) is 47.4 Å². The van der Waals surface area contributed by atoms with E-state index in [0.29, 0.717) is 11.8 Å². The molecule has 2 aliphatic heterocycles. The second kappa shape index (κ2) is 7.02. The van der Waals surface area contributed by atoms with Gasteiger partial charge in [0.05, 0.1) is 11.2 Å². The second-order valence-corrected chi connectivity index (χ2v) is 7.70. The van der Waals surface area contributed by atoms with Crippen LogP contribution in [0.15, 0.2) is 29.8 Å². The molecule has 0 N–H and O–H groups in total. The van der Waals surface area contributed by atoms with Crippen molar-refractivity contribution >= 4 is 29.7 Å². The molecule has 0 aliphatic carbocycles. The van der Waals surface area contributed by atoms with Gasteiger partial charge >= 0.3 is 0 Å². The molecule has 0 bridgehead atoms. The highest BCUT2D eigenvalue weighted by atomic mass is 35.5. The molecular weight excluding hydrogens is 361 g/mol. The number of thiazole rings is 1. The lowest BCUT2D eigenvalue weighted by Crippen LogP contribution is -2.33. The monoisotopic (exact) mass is 381 g/mol. The highest BCUT2D eigenvalue weighted by Gasteiger charge is 2.47. The Kier molecular flexibility index (Phi) is 5.14. The van der Waals surface area contributed by atoms with E-state index in [4.69, 9.17) is 0 Å². The molecule has 2 fully saturated rings. The highest BCUT2D eigenvalue weighted by molar-refractivity contribution is 7.11. The maximum absolute atomic E-state index is 13.6. The van der Waals surface area contributed by atoms with Crippen molar-refractivity contribution in [2.75, 3.05) is 26.7 Å². The number of carbonyl (C=O) groups is 1. The summed E-state index contributed by atoms with van der Waals surface area (Å²) in [5.74, 6) is 0.690. The van der Waals surface area contributed by atoms with Gasteiger partial charge in [0.2, 0.25) is 0 Å². The van der Waals surface area contributed by atoms with Crippen molar-refractivity contribution in [3.8, 4) is 0 Å². The smallest absolute Gasteiger partial charge is 0.265 e. The molecule has 2 saturated heterocycles. The summed E-state index contributed by atoms with van der Waals surface area (Å²) in [6.07, 6.45) is 0. The Morgan fingerprint density at radius 2 is 2.12 bits per heavy atom. The number of fused-ring (bicyclic) bond motifs is 1. The normalized spacial score (nSPS) is 25.7. The quantitative estimate of drug-likeness (QED) is 0.800. The van der Waals surface area contributed by atoms with Crippen LogP contribution in [-0.2, 0) is 0 Å². The molecule has 0 saturated carbocycles. The average molecular weight is 382 g/mol. The minimum atomic E-state index is -0.199. The summed E-state index contributed by atoms with van der Waals surface area (Å²) in [5, 5.41) is 0. The predicted molar refractivity (Wildman–Crippen MR) is 98.8 cm³/mol. The molecule has 2 aliphatic rings. The Balaban J connectivity index is 0.00000182. The third-order valence-corrected chi connectivity index (χ3v) is 6.23. The summed E-state index contributed by atoms with van der Waals surface area (Å²) in [7, 11) is 2.09. The van der Waals surface area contributed by atoms with E-state index in [2.05, 4.69) is 16.9 Å². The molecule has 4 nitrogen and oxygen atoms in total. The van der Waals surface area contributed by atoms with Crippen LogP contribution in [0.3, 0.4) is 0 Å². The van der Waals surface area contributed by atoms with Gasteiger partial charge in [0.1, 0.15) is 10.7 Å². The third-order valence-electron chi connectivity index (χ3n) is 5.31. The SMILES string of the molecule is Cc1ncsc1C(=O)N1C[C@@H]2CN(C)[C@@H](c3cccc(F)c3)[C@@H]2C1.Cl. The Bertz CT molecular complexity index is 783. The Morgan fingerprint density at radius 3 is 2.80 bits per heavy atom. The van der Waals surface area contributed by atoms with Crippen LogP contribution in [0.5, 0.6) is 0 Å². The summed E-state index contributed by atoms with van der Waals surface area (Å²) in [4.78, 5) is 21.9. The van der Waals surface area contributed by atoms with E-state index in [9.17, 15) is 9.18 Å². The number of halogens is 2. The number of amides is 1. The zero-order valence-corrected chi connectivity index (χ0v) is 15.8. The van der Waals surface area contributed by atoms with Gasteiger partial charge in [-0.3, -0.25) is 9.69 Å². The summed E-state index contributed by atoms with van der Waals surface area (Å²) >= 11 is 1.41. The zero-order chi connectivity index (χ0) is 16.8. The maximum Gasteiger partial charge on any atom is 0.265 e. The van der Waals surface area contributed by atoms with Crippen molar-refractivity contribution < 1.29 is 9.18 Å². The van der Waals surface area contributed by atoms with E-state index in [0.717, 1.165) is 35.8 Å². The fourth-order valence-electron chi connectivity index (χ4n) is 4.27. The van der Waals surface area contributed by atoms with E-state index < -0.39 is 0 Å². The van der Waals surface area contributed by atoms with Crippen LogP contribution in [0.1, 0.15) is 27.0 Å². The molecular formula is C18H21ClFN3OS. The van der Waals surface area contributed by atoms with Gasteiger partial charge in [0, 0.05) is 31.6 Å². The van der Waals surface area contributed by atoms with Crippen molar-refractivity contribution in [3.63, 3.8) is 0 Å². The summed E-state index contributed by atoms with van der Waals surface area (Å²) in [5.41, 5.74) is 3.54. The molecule has 4 rings (SSSR count). The van der Waals surface area contributed by atoms with Gasteiger partial charge in [-0.05, 0) is 37.6 Å². The lowest BCUT2D eigenvalue weighted by molar-refractivity contribution is 0.0771. The molecule has 0 spiro atoms. The van der Waals surface area contributed by atoms with E-state index in [-0.39, 0.29) is 30.2 Å². The molecule has 7 heteroatoms. The molecule has 25 heavy (non-hydrogen) atoms. The van der Waals surface area contributed by atoms with Crippen LogP contribution in [0.25, 0.3) is 0 Å². The number of rotatable bonds is 2. The molecule has 0 radical (unpaired) electrons. The lowest BCUT2D eigenvalue weighted by Gasteiger charge is -2.26. The van der Waals surface area contributed by atoms with E-state index in [1.807, 2.05) is 17.9 Å². The zero-order valence-electron chi connectivity index (χ0n) is 14.2. The Labute approximate surface area is 157 Å². The number of benzene rings is 1. The number of hydrogen-bond acceptors (Lipinski definition) is 4. The van der Waals surface area contributed by atoms with Crippen molar-refractivity contribution in [2.45, 2.75) is 13.0 Å². The van der Waals surface area contributed by atoms with Crippen LogP contribution in [0.4, 0.5) is 4.39 Å². The standard InChI is InChI=1S/C18H20FN3OS.ClH/c1-11-17(24-10-20-11)18(23)22-8-13-7-21(2)16(15(13)9-22)12-4-3-5-14(19)6-12;/h3-6,10,13,15-16H,7-9H2,1-2H3;1H/t13-,15+,16-;/m0./s1. The first-order valence-corrected chi connectivity index (χ1v) is 9.07. The van der Waals surface area contributed by atoms with Gasteiger partial charge in [-0.25, -0.2) is 9.37 Å². The number of hydrogen-bond donors (Lipinski definition) is 0. The number of carbonyl (C=O) groups excluding carboxylic acids is 1. The number of likely N-dealkylation sites (tertiary alicyclic amines) is 2. The number of aromatic nitrogens is 1. The van der Waals surface area contributed by atoms with Crippen LogP contribution in [0, 0.1) is 24.6 Å². The van der Waals surface area contributed by atoms with Crippen molar-refractivity contribution in [1.29, 1.82) is 0 Å². The highest BCUT2D eigenvalue weighted by Crippen LogP contribution is 2.44. The van der Waals surface area contributed by atoms with Gasteiger partial charge in [-0.15, -0.1) is 23.7 Å². The fraction of sp³-hybridized carbons (Fsp3) is 0.444. The second-order valence-electron chi connectivity index (χ2n) is 6.84. The molecule has 0 unspecified atom stereocenters. The largest absolute Gasteiger partial charge is 0.337 e. The van der Waals surface area contributed by atoms with Gasteiger partial charge in [-0.2, -0.15) is 0 Å². The van der Waals surface area contributed by atoms with Gasteiger partial charge in [0.25, 0.3) is 5.91 Å². The van der Waals surface area contributed by atoms with Crippen LogP contribution >= 0.6 is 23.7 Å². The molecule has 3 atom stereocenters. The summed E-state index contributed by atoms with van der Waals surface area (Å²) in [6, 6.07) is 7.04. The molecule has 134 valence electrons. The van der Waals surface area contributed by atoms with Crippen molar-refractivity contribution in [1.82, 2.24) is 14.8 Å².